The van der Waals surface area contributed by atoms with Gasteiger partial charge in [0.25, 0.3) is 5.91 Å². The lowest BCUT2D eigenvalue weighted by Gasteiger charge is -2.20. The van der Waals surface area contributed by atoms with Gasteiger partial charge < -0.3 is 0 Å². The van der Waals surface area contributed by atoms with Gasteiger partial charge in [0.1, 0.15) is 4.32 Å². The molecule has 2 heterocycles. The van der Waals surface area contributed by atoms with Crippen LogP contribution in [0.3, 0.4) is 0 Å². The van der Waals surface area contributed by atoms with Gasteiger partial charge in [-0.1, -0.05) is 47.7 Å². The number of benzene rings is 1. The zero-order valence-electron chi connectivity index (χ0n) is 11.4. The summed E-state index contributed by atoms with van der Waals surface area (Å²) in [4.78, 5) is 14.5. The molecule has 2 aliphatic heterocycles. The van der Waals surface area contributed by atoms with Crippen LogP contribution in [0.1, 0.15) is 12.0 Å². The molecular weight excluding hydrogens is 362 g/mol. The minimum atomic E-state index is -3.06. The minimum Gasteiger partial charge on any atom is -0.289 e. The molecule has 1 amide bonds. The largest absolute Gasteiger partial charge is 0.289 e. The summed E-state index contributed by atoms with van der Waals surface area (Å²) in [6.07, 6.45) is 2.17. The first-order valence-electron chi connectivity index (χ1n) is 6.59. The van der Waals surface area contributed by atoms with Crippen LogP contribution in [0.5, 0.6) is 0 Å². The molecule has 1 unspecified atom stereocenters. The molecule has 0 bridgehead atoms. The average Bonchev–Trinajstić information content (AvgIpc) is 2.90. The van der Waals surface area contributed by atoms with Crippen molar-refractivity contribution in [3.63, 3.8) is 0 Å². The molecule has 3 rings (SSSR count). The van der Waals surface area contributed by atoms with E-state index in [1.165, 1.54) is 16.7 Å². The lowest BCUT2D eigenvalue weighted by atomic mass is 10.2. The van der Waals surface area contributed by atoms with E-state index in [1.54, 1.807) is 24.3 Å². The number of rotatable bonds is 2. The van der Waals surface area contributed by atoms with E-state index in [0.717, 1.165) is 5.56 Å². The SMILES string of the molecule is O=C1/C(=C\c2cccc(Cl)c2)SC(=S)N1C1CCS(=O)(=O)C1. The Morgan fingerprint density at radius 2 is 2.18 bits per heavy atom. The van der Waals surface area contributed by atoms with Crippen molar-refractivity contribution >= 4 is 61.7 Å². The first-order chi connectivity index (χ1) is 10.4. The highest BCUT2D eigenvalue weighted by Gasteiger charge is 2.42. The summed E-state index contributed by atoms with van der Waals surface area (Å²) in [6, 6.07) is 6.82. The topological polar surface area (TPSA) is 54.5 Å². The number of sulfone groups is 1. The zero-order chi connectivity index (χ0) is 15.9. The molecule has 116 valence electrons. The Morgan fingerprint density at radius 1 is 1.41 bits per heavy atom. The van der Waals surface area contributed by atoms with Crippen LogP contribution >= 0.6 is 35.6 Å². The number of hydrogen-bond acceptors (Lipinski definition) is 5. The van der Waals surface area contributed by atoms with Gasteiger partial charge in [0, 0.05) is 5.02 Å². The van der Waals surface area contributed by atoms with Crippen molar-refractivity contribution < 1.29 is 13.2 Å². The molecular formula is C14H12ClNO3S3. The Kier molecular flexibility index (Phi) is 4.33. The maximum absolute atomic E-state index is 12.5. The molecule has 1 atom stereocenters. The summed E-state index contributed by atoms with van der Waals surface area (Å²) in [7, 11) is -3.06. The molecule has 0 radical (unpaired) electrons. The number of carbonyl (C=O) groups is 1. The predicted molar refractivity (Wildman–Crippen MR) is 93.5 cm³/mol. The zero-order valence-corrected chi connectivity index (χ0v) is 14.6. The molecule has 8 heteroatoms. The molecule has 22 heavy (non-hydrogen) atoms. The Balaban J connectivity index is 1.86. The van der Waals surface area contributed by atoms with Gasteiger partial charge in [0.05, 0.1) is 22.5 Å². The molecule has 2 fully saturated rings. The van der Waals surface area contributed by atoms with Gasteiger partial charge in [-0.3, -0.25) is 9.69 Å². The Labute approximate surface area is 143 Å². The van der Waals surface area contributed by atoms with Gasteiger partial charge >= 0.3 is 0 Å². The van der Waals surface area contributed by atoms with Crippen molar-refractivity contribution in [1.82, 2.24) is 4.90 Å². The van der Waals surface area contributed by atoms with Gasteiger partial charge in [-0.25, -0.2) is 8.42 Å². The molecule has 0 N–H and O–H groups in total. The summed E-state index contributed by atoms with van der Waals surface area (Å²) < 4.78 is 23.6. The summed E-state index contributed by atoms with van der Waals surface area (Å²) in [5.41, 5.74) is 0.812. The molecule has 1 aromatic carbocycles. The highest BCUT2D eigenvalue weighted by molar-refractivity contribution is 8.26. The van der Waals surface area contributed by atoms with E-state index in [-0.39, 0.29) is 23.5 Å². The van der Waals surface area contributed by atoms with Crippen LogP contribution in [0.15, 0.2) is 29.2 Å². The second kappa shape index (κ2) is 5.96. The first-order valence-corrected chi connectivity index (χ1v) is 10.0. The minimum absolute atomic E-state index is 0.0100. The summed E-state index contributed by atoms with van der Waals surface area (Å²) >= 11 is 12.4. The number of amides is 1. The van der Waals surface area contributed by atoms with Crippen molar-refractivity contribution in [3.8, 4) is 0 Å². The van der Waals surface area contributed by atoms with Crippen LogP contribution in [-0.2, 0) is 14.6 Å². The van der Waals surface area contributed by atoms with Crippen LogP contribution in [0.4, 0.5) is 0 Å². The number of halogens is 1. The predicted octanol–water partition coefficient (Wildman–Crippen LogP) is 2.73. The van der Waals surface area contributed by atoms with E-state index in [4.69, 9.17) is 23.8 Å². The highest BCUT2D eigenvalue weighted by Crippen LogP contribution is 2.36. The standard InChI is InChI=1S/C14H12ClNO3S3/c15-10-3-1-2-9(6-10)7-12-13(17)16(14(20)21-12)11-4-5-22(18,19)8-11/h1-3,6-7,11H,4-5,8H2/b12-7+. The van der Waals surface area contributed by atoms with Crippen LogP contribution in [0.25, 0.3) is 6.08 Å². The average molecular weight is 374 g/mol. The normalized spacial score (nSPS) is 26.1. The third-order valence-electron chi connectivity index (χ3n) is 3.54. The van der Waals surface area contributed by atoms with Gasteiger partial charge in [-0.05, 0) is 30.2 Å². The number of thiocarbonyl (C=S) groups is 1. The second-order valence-electron chi connectivity index (χ2n) is 5.16. The fourth-order valence-corrected chi connectivity index (χ4v) is 5.82. The van der Waals surface area contributed by atoms with E-state index >= 15 is 0 Å². The van der Waals surface area contributed by atoms with E-state index in [0.29, 0.717) is 20.7 Å². The van der Waals surface area contributed by atoms with Gasteiger partial charge in [-0.15, -0.1) is 0 Å². The summed E-state index contributed by atoms with van der Waals surface area (Å²) in [6.45, 7) is 0. The van der Waals surface area contributed by atoms with E-state index in [1.807, 2.05) is 6.07 Å². The van der Waals surface area contributed by atoms with Crippen molar-refractivity contribution in [1.29, 1.82) is 0 Å². The monoisotopic (exact) mass is 373 g/mol. The van der Waals surface area contributed by atoms with Crippen molar-refractivity contribution in [2.75, 3.05) is 11.5 Å². The molecule has 4 nitrogen and oxygen atoms in total. The number of carbonyl (C=O) groups excluding carboxylic acids is 1. The molecule has 0 saturated carbocycles. The first kappa shape index (κ1) is 16.0. The number of hydrogen-bond donors (Lipinski definition) is 0. The molecule has 0 aromatic heterocycles. The quantitative estimate of drug-likeness (QED) is 0.589. The van der Waals surface area contributed by atoms with Crippen molar-refractivity contribution in [3.05, 3.63) is 39.8 Å². The smallest absolute Gasteiger partial charge is 0.266 e. The third kappa shape index (κ3) is 3.22. The fraction of sp³-hybridized carbons (Fsp3) is 0.286. The second-order valence-corrected chi connectivity index (χ2v) is 9.50. The maximum Gasteiger partial charge on any atom is 0.266 e. The summed E-state index contributed by atoms with van der Waals surface area (Å²) in [5.74, 6) is -0.122. The number of thioether (sulfide) groups is 1. The van der Waals surface area contributed by atoms with Crippen LogP contribution in [0, 0.1) is 0 Å². The maximum atomic E-state index is 12.5. The highest BCUT2D eigenvalue weighted by atomic mass is 35.5. The molecule has 0 spiro atoms. The lowest BCUT2D eigenvalue weighted by molar-refractivity contribution is -0.123. The van der Waals surface area contributed by atoms with E-state index in [2.05, 4.69) is 0 Å². The Morgan fingerprint density at radius 3 is 2.82 bits per heavy atom. The van der Waals surface area contributed by atoms with Crippen LogP contribution in [0.2, 0.25) is 5.02 Å². The molecule has 1 aromatic rings. The lowest BCUT2D eigenvalue weighted by Crippen LogP contribution is -2.39. The Bertz CT molecular complexity index is 788. The van der Waals surface area contributed by atoms with E-state index in [9.17, 15) is 13.2 Å². The van der Waals surface area contributed by atoms with Gasteiger partial charge in [0.15, 0.2) is 9.84 Å². The molecule has 0 aliphatic carbocycles. The molecule has 2 aliphatic rings. The van der Waals surface area contributed by atoms with Crippen molar-refractivity contribution in [2.24, 2.45) is 0 Å². The number of nitrogens with zero attached hydrogens (tertiary/aromatic N) is 1. The van der Waals surface area contributed by atoms with Crippen molar-refractivity contribution in [2.45, 2.75) is 12.5 Å². The summed E-state index contributed by atoms with van der Waals surface area (Å²) in [5, 5.41) is 0.589. The van der Waals surface area contributed by atoms with Gasteiger partial charge in [0.2, 0.25) is 0 Å². The van der Waals surface area contributed by atoms with Crippen LogP contribution < -0.4 is 0 Å². The third-order valence-corrected chi connectivity index (χ3v) is 6.86. The molecule has 2 saturated heterocycles. The Hall–Kier alpha value is -0.890. The fourth-order valence-electron chi connectivity index (χ4n) is 2.52. The van der Waals surface area contributed by atoms with Crippen LogP contribution in [-0.4, -0.2) is 41.1 Å². The van der Waals surface area contributed by atoms with Gasteiger partial charge in [-0.2, -0.15) is 0 Å². The van der Waals surface area contributed by atoms with E-state index < -0.39 is 9.84 Å².